The summed E-state index contributed by atoms with van der Waals surface area (Å²) < 4.78 is 4.66. The van der Waals surface area contributed by atoms with Crippen molar-refractivity contribution < 1.29 is 19.4 Å². The maximum atomic E-state index is 12.1. The lowest BCUT2D eigenvalue weighted by molar-refractivity contribution is -0.130. The van der Waals surface area contributed by atoms with Gasteiger partial charge < -0.3 is 15.6 Å². The molecule has 5 N–H and O–H groups in total. The van der Waals surface area contributed by atoms with Crippen molar-refractivity contribution in [1.82, 2.24) is 5.43 Å². The van der Waals surface area contributed by atoms with E-state index in [-0.39, 0.29) is 0 Å². The average Bonchev–Trinajstić information content (AvgIpc) is 3.07. The third kappa shape index (κ3) is 4.93. The molecule has 1 aliphatic rings. The number of hydrogen-bond acceptors (Lipinski definition) is 7. The number of anilines is 1. The average molecular weight is 355 g/mol. The summed E-state index contributed by atoms with van der Waals surface area (Å²) in [6, 6.07) is 1.04. The number of aliphatic hydroxyl groups excluding tert-OH is 1. The number of carbonyl (C=O) groups excluding carboxylic acids is 2. The second-order valence-corrected chi connectivity index (χ2v) is 7.03. The quantitative estimate of drug-likeness (QED) is 0.437. The molecule has 8 heteroatoms. The molecule has 1 aliphatic carbocycles. The molecule has 1 aromatic rings. The van der Waals surface area contributed by atoms with Crippen molar-refractivity contribution in [1.29, 1.82) is 0 Å². The van der Waals surface area contributed by atoms with Gasteiger partial charge in [-0.15, -0.1) is 11.3 Å². The minimum atomic E-state index is -1.29. The fourth-order valence-corrected chi connectivity index (χ4v) is 3.76. The Kier molecular flexibility index (Phi) is 7.01. The molecule has 1 aromatic heterocycles. The van der Waals surface area contributed by atoms with Crippen LogP contribution in [0.15, 0.2) is 11.4 Å². The van der Waals surface area contributed by atoms with Crippen LogP contribution in [0.1, 0.15) is 48.2 Å². The number of ether oxygens (including phenoxy) is 1. The number of carbonyl (C=O) groups is 2. The number of amides is 1. The van der Waals surface area contributed by atoms with Gasteiger partial charge in [0.05, 0.1) is 12.8 Å². The van der Waals surface area contributed by atoms with E-state index in [0.717, 1.165) is 12.8 Å². The Balaban J connectivity index is 1.83. The van der Waals surface area contributed by atoms with Crippen molar-refractivity contribution in [2.24, 2.45) is 11.7 Å². The standard InChI is InChI=1S/C16H25N3O4S/c1-23-16(22)14-12(7-8-24-14)18-19-15(21)13(20)11(17)9-10-5-3-2-4-6-10/h7-8,10-11,13,18,20H,2-6,9,17H2,1H3,(H,19,21)/t11-,13-/m1/s1. The van der Waals surface area contributed by atoms with Gasteiger partial charge in [0.2, 0.25) is 0 Å². The monoisotopic (exact) mass is 355 g/mol. The number of hydrogen-bond donors (Lipinski definition) is 4. The molecule has 134 valence electrons. The van der Waals surface area contributed by atoms with Gasteiger partial charge in [0, 0.05) is 6.04 Å². The molecule has 24 heavy (non-hydrogen) atoms. The summed E-state index contributed by atoms with van der Waals surface area (Å²) in [5, 5.41) is 11.8. The highest BCUT2D eigenvalue weighted by atomic mass is 32.1. The van der Waals surface area contributed by atoms with Gasteiger partial charge in [-0.1, -0.05) is 32.1 Å². The predicted molar refractivity (Wildman–Crippen MR) is 92.6 cm³/mol. The summed E-state index contributed by atoms with van der Waals surface area (Å²) in [7, 11) is 1.29. The van der Waals surface area contributed by atoms with Crippen molar-refractivity contribution in [3.05, 3.63) is 16.3 Å². The van der Waals surface area contributed by atoms with Crippen LogP contribution in [-0.4, -0.2) is 36.2 Å². The molecule has 1 amide bonds. The van der Waals surface area contributed by atoms with Crippen molar-refractivity contribution in [2.45, 2.75) is 50.7 Å². The topological polar surface area (TPSA) is 114 Å². The predicted octanol–water partition coefficient (Wildman–Crippen LogP) is 1.64. The first-order chi connectivity index (χ1) is 11.5. The number of methoxy groups -OCH3 is 1. The molecule has 1 saturated carbocycles. The Hall–Kier alpha value is -1.64. The molecule has 0 bridgehead atoms. The number of esters is 1. The van der Waals surface area contributed by atoms with E-state index < -0.39 is 24.0 Å². The minimum Gasteiger partial charge on any atom is -0.465 e. The third-order valence-electron chi connectivity index (χ3n) is 4.36. The highest BCUT2D eigenvalue weighted by Crippen LogP contribution is 2.27. The Bertz CT molecular complexity index is 557. The zero-order chi connectivity index (χ0) is 17.5. The summed E-state index contributed by atoms with van der Waals surface area (Å²) in [4.78, 5) is 24.0. The van der Waals surface area contributed by atoms with Crippen molar-refractivity contribution >= 4 is 28.9 Å². The van der Waals surface area contributed by atoms with Crippen LogP contribution in [-0.2, 0) is 9.53 Å². The van der Waals surface area contributed by atoms with Crippen molar-refractivity contribution in [3.8, 4) is 0 Å². The summed E-state index contributed by atoms with van der Waals surface area (Å²) >= 11 is 1.20. The van der Waals surface area contributed by atoms with Crippen LogP contribution < -0.4 is 16.6 Å². The number of hydrazine groups is 1. The van der Waals surface area contributed by atoms with Gasteiger partial charge in [0.15, 0.2) is 0 Å². The Morgan fingerprint density at radius 1 is 1.42 bits per heavy atom. The Morgan fingerprint density at radius 2 is 2.12 bits per heavy atom. The third-order valence-corrected chi connectivity index (χ3v) is 5.26. The molecule has 0 aliphatic heterocycles. The molecule has 1 heterocycles. The fourth-order valence-electron chi connectivity index (χ4n) is 2.99. The zero-order valence-corrected chi connectivity index (χ0v) is 14.6. The van der Waals surface area contributed by atoms with Crippen LogP contribution in [0.4, 0.5) is 5.69 Å². The van der Waals surface area contributed by atoms with Crippen LogP contribution in [0, 0.1) is 5.92 Å². The molecular weight excluding hydrogens is 330 g/mol. The Labute approximate surface area is 145 Å². The number of aliphatic hydroxyl groups is 1. The Morgan fingerprint density at radius 3 is 2.79 bits per heavy atom. The van der Waals surface area contributed by atoms with Crippen LogP contribution in [0.25, 0.3) is 0 Å². The summed E-state index contributed by atoms with van der Waals surface area (Å²) in [5.74, 6) is -0.622. The second-order valence-electron chi connectivity index (χ2n) is 6.12. The highest BCUT2D eigenvalue weighted by Gasteiger charge is 2.26. The molecule has 2 rings (SSSR count). The first-order valence-corrected chi connectivity index (χ1v) is 9.06. The van der Waals surface area contributed by atoms with Gasteiger partial charge in [0.25, 0.3) is 5.91 Å². The molecule has 0 saturated heterocycles. The smallest absolute Gasteiger partial charge is 0.350 e. The van der Waals surface area contributed by atoms with E-state index in [0.29, 0.717) is 22.9 Å². The molecular formula is C16H25N3O4S. The van der Waals surface area contributed by atoms with E-state index in [1.807, 2.05) is 0 Å². The van der Waals surface area contributed by atoms with Crippen LogP contribution >= 0.6 is 11.3 Å². The normalized spacial score (nSPS) is 17.8. The summed E-state index contributed by atoms with van der Waals surface area (Å²) in [6.45, 7) is 0. The van der Waals surface area contributed by atoms with Crippen LogP contribution in [0.2, 0.25) is 0 Å². The lowest BCUT2D eigenvalue weighted by Gasteiger charge is -2.26. The van der Waals surface area contributed by atoms with E-state index in [2.05, 4.69) is 15.6 Å². The van der Waals surface area contributed by atoms with Crippen molar-refractivity contribution in [3.63, 3.8) is 0 Å². The lowest BCUT2D eigenvalue weighted by atomic mass is 9.84. The number of thiophene rings is 1. The van der Waals surface area contributed by atoms with E-state index in [1.54, 1.807) is 11.4 Å². The largest absolute Gasteiger partial charge is 0.465 e. The van der Waals surface area contributed by atoms with Crippen molar-refractivity contribution in [2.75, 3.05) is 12.5 Å². The summed E-state index contributed by atoms with van der Waals surface area (Å²) in [5.41, 5.74) is 11.5. The molecule has 7 nitrogen and oxygen atoms in total. The second kappa shape index (κ2) is 9.00. The van der Waals surface area contributed by atoms with Gasteiger partial charge in [-0.05, 0) is 23.8 Å². The summed E-state index contributed by atoms with van der Waals surface area (Å²) in [6.07, 6.45) is 5.20. The van der Waals surface area contributed by atoms with E-state index in [4.69, 9.17) is 5.73 Å². The first-order valence-electron chi connectivity index (χ1n) is 8.18. The van der Waals surface area contributed by atoms with Gasteiger partial charge in [-0.2, -0.15) is 0 Å². The lowest BCUT2D eigenvalue weighted by Crippen LogP contribution is -2.48. The molecule has 2 atom stereocenters. The van der Waals surface area contributed by atoms with E-state index in [9.17, 15) is 14.7 Å². The number of nitrogens with one attached hydrogen (secondary N) is 2. The highest BCUT2D eigenvalue weighted by molar-refractivity contribution is 7.12. The molecule has 1 fully saturated rings. The number of nitrogens with two attached hydrogens (primary N) is 1. The maximum absolute atomic E-state index is 12.1. The fraction of sp³-hybridized carbons (Fsp3) is 0.625. The van der Waals surface area contributed by atoms with Crippen LogP contribution in [0.5, 0.6) is 0 Å². The molecule has 0 spiro atoms. The van der Waals surface area contributed by atoms with Crippen LogP contribution in [0.3, 0.4) is 0 Å². The number of rotatable bonds is 7. The van der Waals surface area contributed by atoms with Gasteiger partial charge in [0.1, 0.15) is 11.0 Å². The van der Waals surface area contributed by atoms with E-state index >= 15 is 0 Å². The first kappa shape index (κ1) is 18.7. The zero-order valence-electron chi connectivity index (χ0n) is 13.8. The van der Waals surface area contributed by atoms with E-state index in [1.165, 1.54) is 37.7 Å². The van der Waals surface area contributed by atoms with Gasteiger partial charge in [-0.25, -0.2) is 4.79 Å². The molecule has 0 unspecified atom stereocenters. The van der Waals surface area contributed by atoms with Gasteiger partial charge in [-0.3, -0.25) is 15.6 Å². The molecule has 0 aromatic carbocycles. The molecule has 0 radical (unpaired) electrons. The minimum absolute atomic E-state index is 0.346. The SMILES string of the molecule is COC(=O)c1sccc1NNC(=O)[C@H](O)[C@H](N)CC1CCCCC1. The maximum Gasteiger partial charge on any atom is 0.350 e. The van der Waals surface area contributed by atoms with Gasteiger partial charge >= 0.3 is 5.97 Å².